The van der Waals surface area contributed by atoms with Gasteiger partial charge in [-0.1, -0.05) is 12.2 Å². The maximum Gasteiger partial charge on any atom is 0.291 e. The van der Waals surface area contributed by atoms with Gasteiger partial charge in [0, 0.05) is 11.3 Å². The second kappa shape index (κ2) is 5.19. The Labute approximate surface area is 114 Å². The van der Waals surface area contributed by atoms with Gasteiger partial charge in [-0.25, -0.2) is 4.39 Å². The van der Waals surface area contributed by atoms with Crippen LogP contribution in [-0.4, -0.2) is 10.9 Å². The minimum atomic E-state index is -0.528. The molecule has 0 saturated carbocycles. The van der Waals surface area contributed by atoms with Crippen LogP contribution < -0.4 is 11.1 Å². The topological polar surface area (TPSA) is 68.3 Å². The number of nitrogens with two attached hydrogens (primary N) is 1. The largest absolute Gasteiger partial charge is 0.456 e. The number of amides is 1. The van der Waals surface area contributed by atoms with E-state index >= 15 is 0 Å². The highest BCUT2D eigenvalue weighted by atomic mass is 32.1. The van der Waals surface area contributed by atoms with Crippen molar-refractivity contribution in [3.63, 3.8) is 0 Å². The predicted octanol–water partition coefficient (Wildman–Crippen LogP) is 2.61. The van der Waals surface area contributed by atoms with Gasteiger partial charge >= 0.3 is 0 Å². The molecule has 0 spiro atoms. The summed E-state index contributed by atoms with van der Waals surface area (Å²) in [6.45, 7) is 1.74. The summed E-state index contributed by atoms with van der Waals surface area (Å²) in [4.78, 5) is 11.8. The Morgan fingerprint density at radius 2 is 2.11 bits per heavy atom. The number of aryl methyl sites for hydroxylation is 1. The smallest absolute Gasteiger partial charge is 0.291 e. The number of carbonyl (C=O) groups is 1. The summed E-state index contributed by atoms with van der Waals surface area (Å²) in [5.41, 5.74) is 5.87. The van der Waals surface area contributed by atoms with Crippen molar-refractivity contribution < 1.29 is 13.6 Å². The standard InChI is InChI=1S/C13H11FN2O2S/c1-7-2-5-11(18-7)13(17)16-8-3-4-10(14)9(6-8)12(15)19/h2-6H,1H3,(H2,15,19)(H,16,17). The molecule has 1 aromatic heterocycles. The molecule has 0 bridgehead atoms. The Kier molecular flexibility index (Phi) is 3.62. The van der Waals surface area contributed by atoms with Crippen LogP contribution in [0.25, 0.3) is 0 Å². The third-order valence-electron chi connectivity index (χ3n) is 2.45. The number of carbonyl (C=O) groups excluding carboxylic acids is 1. The van der Waals surface area contributed by atoms with Crippen molar-refractivity contribution in [2.24, 2.45) is 5.73 Å². The van der Waals surface area contributed by atoms with Gasteiger partial charge in [0.2, 0.25) is 0 Å². The number of halogens is 1. The van der Waals surface area contributed by atoms with Crippen molar-refractivity contribution in [1.82, 2.24) is 0 Å². The fraction of sp³-hybridized carbons (Fsp3) is 0.0769. The van der Waals surface area contributed by atoms with E-state index in [0.29, 0.717) is 11.4 Å². The number of benzene rings is 1. The van der Waals surface area contributed by atoms with Gasteiger partial charge in [0.1, 0.15) is 16.6 Å². The number of hydrogen-bond donors (Lipinski definition) is 2. The molecule has 98 valence electrons. The molecule has 0 aliphatic heterocycles. The first-order valence-corrected chi connectivity index (χ1v) is 5.85. The van der Waals surface area contributed by atoms with Crippen LogP contribution in [0, 0.1) is 12.7 Å². The highest BCUT2D eigenvalue weighted by Gasteiger charge is 2.12. The van der Waals surface area contributed by atoms with E-state index in [1.807, 2.05) is 0 Å². The Bertz CT molecular complexity index is 652. The van der Waals surface area contributed by atoms with Crippen LogP contribution in [0.2, 0.25) is 0 Å². The van der Waals surface area contributed by atoms with Gasteiger partial charge < -0.3 is 15.5 Å². The maximum absolute atomic E-state index is 13.4. The molecule has 4 nitrogen and oxygen atoms in total. The van der Waals surface area contributed by atoms with Gasteiger partial charge in [-0.2, -0.15) is 0 Å². The molecule has 1 heterocycles. The number of furan rings is 1. The lowest BCUT2D eigenvalue weighted by Crippen LogP contribution is -2.14. The SMILES string of the molecule is Cc1ccc(C(=O)Nc2ccc(F)c(C(N)=S)c2)o1. The van der Waals surface area contributed by atoms with Crippen molar-refractivity contribution >= 4 is 28.8 Å². The zero-order chi connectivity index (χ0) is 14.0. The van der Waals surface area contributed by atoms with Crippen LogP contribution in [0.4, 0.5) is 10.1 Å². The van der Waals surface area contributed by atoms with Gasteiger partial charge in [0.25, 0.3) is 5.91 Å². The van der Waals surface area contributed by atoms with Gasteiger partial charge in [0.05, 0.1) is 0 Å². The summed E-state index contributed by atoms with van der Waals surface area (Å²) in [5.74, 6) is -0.139. The second-order valence-electron chi connectivity index (χ2n) is 3.92. The highest BCUT2D eigenvalue weighted by Crippen LogP contribution is 2.16. The Balaban J connectivity index is 2.22. The molecule has 0 unspecified atom stereocenters. The molecule has 0 fully saturated rings. The summed E-state index contributed by atoms with van der Waals surface area (Å²) in [6.07, 6.45) is 0. The van der Waals surface area contributed by atoms with E-state index in [1.54, 1.807) is 19.1 Å². The summed E-state index contributed by atoms with van der Waals surface area (Å²) >= 11 is 4.73. The Morgan fingerprint density at radius 1 is 1.37 bits per heavy atom. The molecule has 0 saturated heterocycles. The Morgan fingerprint density at radius 3 is 2.68 bits per heavy atom. The highest BCUT2D eigenvalue weighted by molar-refractivity contribution is 7.80. The van der Waals surface area contributed by atoms with Gasteiger partial charge in [0.15, 0.2) is 5.76 Å². The summed E-state index contributed by atoms with van der Waals surface area (Å²) in [6, 6.07) is 7.23. The van der Waals surface area contributed by atoms with Crippen molar-refractivity contribution in [3.8, 4) is 0 Å². The van der Waals surface area contributed by atoms with Crippen molar-refractivity contribution in [2.75, 3.05) is 5.32 Å². The minimum Gasteiger partial charge on any atom is -0.456 e. The van der Waals surface area contributed by atoms with E-state index < -0.39 is 11.7 Å². The van der Waals surface area contributed by atoms with E-state index in [9.17, 15) is 9.18 Å². The summed E-state index contributed by atoms with van der Waals surface area (Å²) < 4.78 is 18.6. The minimum absolute atomic E-state index is 0.0672. The molecule has 0 aliphatic rings. The molecular formula is C13H11FN2O2S. The maximum atomic E-state index is 13.4. The number of anilines is 1. The number of hydrogen-bond acceptors (Lipinski definition) is 3. The monoisotopic (exact) mass is 278 g/mol. The predicted molar refractivity (Wildman–Crippen MR) is 73.7 cm³/mol. The van der Waals surface area contributed by atoms with Crippen molar-refractivity contribution in [1.29, 1.82) is 0 Å². The normalized spacial score (nSPS) is 10.2. The van der Waals surface area contributed by atoms with Gasteiger partial charge in [-0.3, -0.25) is 4.79 Å². The average Bonchev–Trinajstić information content (AvgIpc) is 2.78. The lowest BCUT2D eigenvalue weighted by Gasteiger charge is -2.06. The van der Waals surface area contributed by atoms with Crippen LogP contribution in [0.5, 0.6) is 0 Å². The third-order valence-corrected chi connectivity index (χ3v) is 2.67. The summed E-state index contributed by atoms with van der Waals surface area (Å²) in [5, 5.41) is 2.58. The van der Waals surface area contributed by atoms with Crippen LogP contribution in [0.1, 0.15) is 21.9 Å². The first-order chi connectivity index (χ1) is 8.97. The number of nitrogens with one attached hydrogen (secondary N) is 1. The average molecular weight is 278 g/mol. The van der Waals surface area contributed by atoms with Crippen molar-refractivity contribution in [3.05, 3.63) is 53.2 Å². The zero-order valence-electron chi connectivity index (χ0n) is 10.1. The third kappa shape index (κ3) is 2.97. The summed E-state index contributed by atoms with van der Waals surface area (Å²) in [7, 11) is 0. The van der Waals surface area contributed by atoms with Crippen LogP contribution in [0.3, 0.4) is 0 Å². The molecule has 2 aromatic rings. The molecular weight excluding hydrogens is 267 g/mol. The van der Waals surface area contributed by atoms with Crippen LogP contribution in [-0.2, 0) is 0 Å². The number of rotatable bonds is 3. The number of thiocarbonyl (C=S) groups is 1. The second-order valence-corrected chi connectivity index (χ2v) is 4.36. The quantitative estimate of drug-likeness (QED) is 0.847. The lowest BCUT2D eigenvalue weighted by atomic mass is 10.2. The first-order valence-electron chi connectivity index (χ1n) is 5.44. The molecule has 1 amide bonds. The van der Waals surface area contributed by atoms with Crippen molar-refractivity contribution in [2.45, 2.75) is 6.92 Å². The van der Waals surface area contributed by atoms with E-state index in [4.69, 9.17) is 22.4 Å². The molecule has 1 aromatic carbocycles. The zero-order valence-corrected chi connectivity index (χ0v) is 10.9. The molecule has 6 heteroatoms. The molecule has 3 N–H and O–H groups in total. The van der Waals surface area contributed by atoms with E-state index in [0.717, 1.165) is 0 Å². The van der Waals surface area contributed by atoms with Crippen LogP contribution >= 0.6 is 12.2 Å². The molecule has 0 radical (unpaired) electrons. The fourth-order valence-electron chi connectivity index (χ4n) is 1.54. The molecule has 2 rings (SSSR count). The van der Waals surface area contributed by atoms with Gasteiger partial charge in [-0.15, -0.1) is 0 Å². The Hall–Kier alpha value is -2.21. The lowest BCUT2D eigenvalue weighted by molar-refractivity contribution is 0.0995. The van der Waals surface area contributed by atoms with E-state index in [2.05, 4.69) is 5.32 Å². The molecule has 0 aliphatic carbocycles. The van der Waals surface area contributed by atoms with Gasteiger partial charge in [-0.05, 0) is 37.3 Å². The van der Waals surface area contributed by atoms with E-state index in [-0.39, 0.29) is 16.3 Å². The molecule has 19 heavy (non-hydrogen) atoms. The molecule has 0 atom stereocenters. The first kappa shape index (κ1) is 13.2. The van der Waals surface area contributed by atoms with Crippen LogP contribution in [0.15, 0.2) is 34.7 Å². The van der Waals surface area contributed by atoms with E-state index in [1.165, 1.54) is 18.2 Å². The fourth-order valence-corrected chi connectivity index (χ4v) is 1.70.